The first kappa shape index (κ1) is 10.8. The fourth-order valence-corrected chi connectivity index (χ4v) is 2.71. The molecule has 3 rings (SSSR count). The van der Waals surface area contributed by atoms with Crippen LogP contribution < -0.4 is 4.74 Å². The molecule has 1 aliphatic rings. The molecule has 0 bridgehead atoms. The van der Waals surface area contributed by atoms with Gasteiger partial charge in [0.05, 0.1) is 4.47 Å². The molecular formula is C15H13BrO. The van der Waals surface area contributed by atoms with Crippen LogP contribution in [0.3, 0.4) is 0 Å². The SMILES string of the molecule is Brc1ccccc1OC1CCc2ccccc21. The molecular weight excluding hydrogens is 276 g/mol. The highest BCUT2D eigenvalue weighted by Crippen LogP contribution is 2.36. The van der Waals surface area contributed by atoms with E-state index in [4.69, 9.17) is 4.74 Å². The molecule has 2 aromatic carbocycles. The van der Waals surface area contributed by atoms with Gasteiger partial charge in [0.25, 0.3) is 0 Å². The van der Waals surface area contributed by atoms with Gasteiger partial charge in [-0.25, -0.2) is 0 Å². The lowest BCUT2D eigenvalue weighted by Crippen LogP contribution is -2.03. The Kier molecular flexibility index (Phi) is 2.89. The summed E-state index contributed by atoms with van der Waals surface area (Å²) in [5.74, 6) is 0.925. The summed E-state index contributed by atoms with van der Waals surface area (Å²) in [4.78, 5) is 0. The number of benzene rings is 2. The Hall–Kier alpha value is -1.28. The smallest absolute Gasteiger partial charge is 0.134 e. The van der Waals surface area contributed by atoms with Gasteiger partial charge in [0.15, 0.2) is 0 Å². The number of hydrogen-bond acceptors (Lipinski definition) is 1. The van der Waals surface area contributed by atoms with Gasteiger partial charge < -0.3 is 4.74 Å². The van der Waals surface area contributed by atoms with Crippen LogP contribution in [0.1, 0.15) is 23.7 Å². The van der Waals surface area contributed by atoms with Crippen molar-refractivity contribution >= 4 is 15.9 Å². The van der Waals surface area contributed by atoms with Gasteiger partial charge in [0, 0.05) is 0 Å². The number of halogens is 1. The Morgan fingerprint density at radius 1 is 1.00 bits per heavy atom. The van der Waals surface area contributed by atoms with Gasteiger partial charge in [-0.3, -0.25) is 0 Å². The molecule has 0 N–H and O–H groups in total. The fourth-order valence-electron chi connectivity index (χ4n) is 2.33. The zero-order chi connectivity index (χ0) is 11.7. The quantitative estimate of drug-likeness (QED) is 0.790. The lowest BCUT2D eigenvalue weighted by molar-refractivity contribution is 0.206. The maximum atomic E-state index is 6.09. The number of rotatable bonds is 2. The van der Waals surface area contributed by atoms with E-state index in [9.17, 15) is 0 Å². The van der Waals surface area contributed by atoms with Crippen LogP contribution in [-0.4, -0.2) is 0 Å². The zero-order valence-electron chi connectivity index (χ0n) is 9.40. The summed E-state index contributed by atoms with van der Waals surface area (Å²) >= 11 is 3.52. The number of fused-ring (bicyclic) bond motifs is 1. The highest BCUT2D eigenvalue weighted by atomic mass is 79.9. The molecule has 1 nitrogen and oxygen atoms in total. The third kappa shape index (κ3) is 2.09. The first-order valence-corrected chi connectivity index (χ1v) is 6.63. The summed E-state index contributed by atoms with van der Waals surface area (Å²) in [6.07, 6.45) is 2.39. The van der Waals surface area contributed by atoms with Gasteiger partial charge in [0.2, 0.25) is 0 Å². The minimum absolute atomic E-state index is 0.199. The molecule has 2 aromatic rings. The molecule has 0 heterocycles. The third-order valence-corrected chi connectivity index (χ3v) is 3.84. The third-order valence-electron chi connectivity index (χ3n) is 3.18. The Morgan fingerprint density at radius 3 is 2.65 bits per heavy atom. The number of ether oxygens (including phenoxy) is 1. The van der Waals surface area contributed by atoms with Gasteiger partial charge >= 0.3 is 0 Å². The van der Waals surface area contributed by atoms with Crippen molar-refractivity contribution in [3.05, 3.63) is 64.1 Å². The molecule has 2 heteroatoms. The van der Waals surface area contributed by atoms with Crippen molar-refractivity contribution in [2.24, 2.45) is 0 Å². The summed E-state index contributed by atoms with van der Waals surface area (Å²) < 4.78 is 7.10. The van der Waals surface area contributed by atoms with E-state index in [0.717, 1.165) is 23.1 Å². The van der Waals surface area contributed by atoms with Gasteiger partial charge in [-0.2, -0.15) is 0 Å². The van der Waals surface area contributed by atoms with E-state index in [2.05, 4.69) is 40.2 Å². The van der Waals surface area contributed by atoms with Crippen LogP contribution in [0.5, 0.6) is 5.75 Å². The molecule has 0 saturated carbocycles. The summed E-state index contributed by atoms with van der Waals surface area (Å²) in [7, 11) is 0. The summed E-state index contributed by atoms with van der Waals surface area (Å²) in [6, 6.07) is 16.6. The minimum atomic E-state index is 0.199. The predicted octanol–water partition coefficient (Wildman–Crippen LogP) is 4.52. The molecule has 0 aromatic heterocycles. The van der Waals surface area contributed by atoms with Crippen molar-refractivity contribution < 1.29 is 4.74 Å². The van der Waals surface area contributed by atoms with Gasteiger partial charge in [-0.05, 0) is 52.0 Å². The first-order chi connectivity index (χ1) is 8.34. The van der Waals surface area contributed by atoms with Gasteiger partial charge in [-0.15, -0.1) is 0 Å². The lowest BCUT2D eigenvalue weighted by Gasteiger charge is -2.15. The van der Waals surface area contributed by atoms with E-state index in [1.807, 2.05) is 24.3 Å². The normalized spacial score (nSPS) is 17.8. The highest BCUT2D eigenvalue weighted by molar-refractivity contribution is 9.10. The summed E-state index contributed by atoms with van der Waals surface area (Å²) in [5.41, 5.74) is 2.76. The molecule has 1 unspecified atom stereocenters. The molecule has 0 fully saturated rings. The first-order valence-electron chi connectivity index (χ1n) is 5.83. The van der Waals surface area contributed by atoms with Crippen molar-refractivity contribution in [3.63, 3.8) is 0 Å². The molecule has 0 aliphatic heterocycles. The van der Waals surface area contributed by atoms with Crippen LogP contribution in [0.2, 0.25) is 0 Å². The van der Waals surface area contributed by atoms with E-state index >= 15 is 0 Å². The molecule has 0 amide bonds. The van der Waals surface area contributed by atoms with Crippen molar-refractivity contribution in [2.75, 3.05) is 0 Å². The Morgan fingerprint density at radius 2 is 1.76 bits per heavy atom. The Bertz CT molecular complexity index is 536. The Balaban J connectivity index is 1.87. The van der Waals surface area contributed by atoms with E-state index < -0.39 is 0 Å². The molecule has 0 radical (unpaired) electrons. The van der Waals surface area contributed by atoms with E-state index in [-0.39, 0.29) is 6.10 Å². The molecule has 1 aliphatic carbocycles. The lowest BCUT2D eigenvalue weighted by atomic mass is 10.1. The van der Waals surface area contributed by atoms with Crippen molar-refractivity contribution in [3.8, 4) is 5.75 Å². The summed E-state index contributed by atoms with van der Waals surface area (Å²) in [5, 5.41) is 0. The van der Waals surface area contributed by atoms with Crippen LogP contribution in [0.25, 0.3) is 0 Å². The maximum absolute atomic E-state index is 6.09. The standard InChI is InChI=1S/C15H13BrO/c16-13-7-3-4-8-15(13)17-14-10-9-11-5-1-2-6-12(11)14/h1-8,14H,9-10H2. The van der Waals surface area contributed by atoms with Gasteiger partial charge in [-0.1, -0.05) is 36.4 Å². The van der Waals surface area contributed by atoms with Crippen LogP contribution in [0, 0.1) is 0 Å². The highest BCUT2D eigenvalue weighted by Gasteiger charge is 2.23. The minimum Gasteiger partial charge on any atom is -0.485 e. The Labute approximate surface area is 110 Å². The van der Waals surface area contributed by atoms with E-state index in [0.29, 0.717) is 0 Å². The van der Waals surface area contributed by atoms with E-state index in [1.165, 1.54) is 11.1 Å². The maximum Gasteiger partial charge on any atom is 0.134 e. The van der Waals surface area contributed by atoms with Crippen LogP contribution in [0.4, 0.5) is 0 Å². The van der Waals surface area contributed by atoms with Crippen LogP contribution in [0.15, 0.2) is 53.0 Å². The number of aryl methyl sites for hydroxylation is 1. The monoisotopic (exact) mass is 288 g/mol. The van der Waals surface area contributed by atoms with Crippen molar-refractivity contribution in [1.29, 1.82) is 0 Å². The second-order valence-electron chi connectivity index (χ2n) is 4.27. The molecule has 17 heavy (non-hydrogen) atoms. The fraction of sp³-hybridized carbons (Fsp3) is 0.200. The number of para-hydroxylation sites is 1. The molecule has 86 valence electrons. The topological polar surface area (TPSA) is 9.23 Å². The zero-order valence-corrected chi connectivity index (χ0v) is 11.0. The second-order valence-corrected chi connectivity index (χ2v) is 5.13. The van der Waals surface area contributed by atoms with Crippen molar-refractivity contribution in [2.45, 2.75) is 18.9 Å². The van der Waals surface area contributed by atoms with Crippen LogP contribution >= 0.6 is 15.9 Å². The average Bonchev–Trinajstić information content (AvgIpc) is 2.76. The number of hydrogen-bond donors (Lipinski definition) is 0. The molecule has 1 atom stereocenters. The molecule has 0 saturated heterocycles. The molecule has 0 spiro atoms. The second kappa shape index (κ2) is 4.53. The van der Waals surface area contributed by atoms with Crippen molar-refractivity contribution in [1.82, 2.24) is 0 Å². The van der Waals surface area contributed by atoms with E-state index in [1.54, 1.807) is 0 Å². The summed E-state index contributed by atoms with van der Waals surface area (Å²) in [6.45, 7) is 0. The predicted molar refractivity (Wildman–Crippen MR) is 72.3 cm³/mol. The average molecular weight is 289 g/mol. The van der Waals surface area contributed by atoms with Crippen LogP contribution in [-0.2, 0) is 6.42 Å². The van der Waals surface area contributed by atoms with Gasteiger partial charge in [0.1, 0.15) is 11.9 Å². The largest absolute Gasteiger partial charge is 0.485 e.